The van der Waals surface area contributed by atoms with Crippen LogP contribution in [-0.4, -0.2) is 21.8 Å². The van der Waals surface area contributed by atoms with E-state index < -0.39 is 11.8 Å². The normalized spacial score (nSPS) is 10.8. The van der Waals surface area contributed by atoms with Crippen LogP contribution in [0.25, 0.3) is 21.5 Å². The first-order valence-electron chi connectivity index (χ1n) is 9.13. The molecule has 2 aromatic heterocycles. The molecule has 0 unspecified atom stereocenters. The molecule has 0 saturated carbocycles. The Morgan fingerprint density at radius 1 is 0.900 bits per heavy atom. The van der Waals surface area contributed by atoms with Crippen LogP contribution in [-0.2, 0) is 0 Å². The minimum atomic E-state index is -0.458. The van der Waals surface area contributed by atoms with E-state index in [9.17, 15) is 9.59 Å². The van der Waals surface area contributed by atoms with Crippen LogP contribution in [0.4, 0.5) is 0 Å². The van der Waals surface area contributed by atoms with E-state index in [2.05, 4.69) is 20.8 Å². The van der Waals surface area contributed by atoms with E-state index in [0.29, 0.717) is 26.9 Å². The fraction of sp³-hybridized carbons (Fsp3) is 0.0909. The first kappa shape index (κ1) is 20.0. The number of carbonyl (C=O) groups is 2. The predicted molar refractivity (Wildman–Crippen MR) is 119 cm³/mol. The minimum Gasteiger partial charge on any atom is -0.267 e. The third-order valence-electron chi connectivity index (χ3n) is 4.53. The van der Waals surface area contributed by atoms with Gasteiger partial charge in [-0.1, -0.05) is 41.9 Å². The number of hydrogen-bond donors (Lipinski definition) is 2. The van der Waals surface area contributed by atoms with Gasteiger partial charge in [0.1, 0.15) is 9.88 Å². The topological polar surface area (TPSA) is 84.0 Å². The molecule has 2 N–H and O–H groups in total. The quantitative estimate of drug-likeness (QED) is 0.456. The van der Waals surface area contributed by atoms with Crippen LogP contribution in [0.15, 0.2) is 54.6 Å². The van der Waals surface area contributed by atoms with Crippen molar-refractivity contribution in [2.75, 3.05) is 0 Å². The van der Waals surface area contributed by atoms with Crippen LogP contribution in [0.1, 0.15) is 31.4 Å². The standard InChI is InChI=1S/C22H17ClN4O2S/c1-12-17(11-15-10-16(23)8-9-18(15)24-12)20(28)26-27-21(29)19-13(2)25-22(30-19)14-6-4-3-5-7-14/h3-11H,1-2H3,(H,26,28)(H,27,29). The molecule has 6 nitrogen and oxygen atoms in total. The molecule has 0 aliphatic rings. The van der Waals surface area contributed by atoms with Gasteiger partial charge in [0.15, 0.2) is 0 Å². The minimum absolute atomic E-state index is 0.357. The molecule has 0 fully saturated rings. The Labute approximate surface area is 181 Å². The maximum absolute atomic E-state index is 12.6. The highest BCUT2D eigenvalue weighted by Crippen LogP contribution is 2.27. The number of hydrazine groups is 1. The second-order valence-corrected chi connectivity index (χ2v) is 8.10. The second kappa shape index (κ2) is 8.22. The molecule has 2 aromatic carbocycles. The summed E-state index contributed by atoms with van der Waals surface area (Å²) >= 11 is 7.31. The number of nitrogens with zero attached hydrogens (tertiary/aromatic N) is 2. The van der Waals surface area contributed by atoms with Gasteiger partial charge in [0.05, 0.1) is 22.5 Å². The number of aromatic nitrogens is 2. The summed E-state index contributed by atoms with van der Waals surface area (Å²) in [4.78, 5) is 34.6. The third kappa shape index (κ3) is 4.03. The van der Waals surface area contributed by atoms with Gasteiger partial charge in [-0.3, -0.25) is 25.4 Å². The summed E-state index contributed by atoms with van der Waals surface area (Å²) in [6.45, 7) is 3.51. The summed E-state index contributed by atoms with van der Waals surface area (Å²) in [6, 6.07) is 16.6. The van der Waals surface area contributed by atoms with Crippen molar-refractivity contribution in [1.29, 1.82) is 0 Å². The fourth-order valence-corrected chi connectivity index (χ4v) is 4.17. The third-order valence-corrected chi connectivity index (χ3v) is 5.97. The number of aryl methyl sites for hydroxylation is 2. The van der Waals surface area contributed by atoms with Crippen LogP contribution >= 0.6 is 22.9 Å². The Hall–Kier alpha value is -3.29. The van der Waals surface area contributed by atoms with Crippen LogP contribution in [0.2, 0.25) is 5.02 Å². The van der Waals surface area contributed by atoms with Crippen LogP contribution in [0.5, 0.6) is 0 Å². The first-order chi connectivity index (χ1) is 14.4. The van der Waals surface area contributed by atoms with Crippen molar-refractivity contribution in [3.8, 4) is 10.6 Å². The first-order valence-corrected chi connectivity index (χ1v) is 10.3. The summed E-state index contributed by atoms with van der Waals surface area (Å²) in [7, 11) is 0. The number of halogens is 1. The summed E-state index contributed by atoms with van der Waals surface area (Å²) in [5.74, 6) is -0.879. The van der Waals surface area contributed by atoms with Crippen molar-refractivity contribution in [2.24, 2.45) is 0 Å². The number of amides is 2. The Bertz CT molecular complexity index is 1270. The zero-order valence-electron chi connectivity index (χ0n) is 16.2. The molecule has 150 valence electrons. The molecule has 0 atom stereocenters. The molecular formula is C22H17ClN4O2S. The number of fused-ring (bicyclic) bond motifs is 1. The average Bonchev–Trinajstić information content (AvgIpc) is 3.14. The Balaban J connectivity index is 1.50. The molecule has 2 heterocycles. The number of benzene rings is 2. The number of thiazole rings is 1. The van der Waals surface area contributed by atoms with Crippen molar-refractivity contribution in [1.82, 2.24) is 20.8 Å². The molecule has 30 heavy (non-hydrogen) atoms. The number of pyridine rings is 1. The monoisotopic (exact) mass is 436 g/mol. The van der Waals surface area contributed by atoms with Gasteiger partial charge >= 0.3 is 0 Å². The van der Waals surface area contributed by atoms with E-state index >= 15 is 0 Å². The number of hydrogen-bond acceptors (Lipinski definition) is 5. The fourth-order valence-electron chi connectivity index (χ4n) is 3.02. The lowest BCUT2D eigenvalue weighted by atomic mass is 10.1. The second-order valence-electron chi connectivity index (χ2n) is 6.67. The van der Waals surface area contributed by atoms with Gasteiger partial charge in [0.25, 0.3) is 11.8 Å². The average molecular weight is 437 g/mol. The molecule has 2 amide bonds. The van der Waals surface area contributed by atoms with Gasteiger partial charge in [-0.2, -0.15) is 0 Å². The zero-order valence-corrected chi connectivity index (χ0v) is 17.8. The van der Waals surface area contributed by atoms with Gasteiger partial charge in [-0.05, 0) is 38.1 Å². The van der Waals surface area contributed by atoms with Crippen LogP contribution in [0, 0.1) is 13.8 Å². The molecule has 0 bridgehead atoms. The molecule has 8 heteroatoms. The van der Waals surface area contributed by atoms with Gasteiger partial charge < -0.3 is 0 Å². The molecule has 0 radical (unpaired) electrons. The maximum Gasteiger partial charge on any atom is 0.281 e. The van der Waals surface area contributed by atoms with E-state index in [0.717, 1.165) is 21.5 Å². The predicted octanol–water partition coefficient (Wildman–Crippen LogP) is 4.70. The molecular weight excluding hydrogens is 420 g/mol. The summed E-state index contributed by atoms with van der Waals surface area (Å²) in [6.07, 6.45) is 0. The number of nitrogens with one attached hydrogen (secondary N) is 2. The zero-order chi connectivity index (χ0) is 21.3. The van der Waals surface area contributed by atoms with E-state index in [-0.39, 0.29) is 0 Å². The van der Waals surface area contributed by atoms with Gasteiger partial charge in [0.2, 0.25) is 0 Å². The summed E-state index contributed by atoms with van der Waals surface area (Å²) in [5, 5.41) is 2.05. The van der Waals surface area contributed by atoms with E-state index in [1.165, 1.54) is 11.3 Å². The van der Waals surface area contributed by atoms with Gasteiger partial charge in [-0.25, -0.2) is 4.98 Å². The summed E-state index contributed by atoms with van der Waals surface area (Å²) < 4.78 is 0. The maximum atomic E-state index is 12.6. The summed E-state index contributed by atoms with van der Waals surface area (Å²) in [5.41, 5.74) is 8.12. The van der Waals surface area contributed by atoms with Crippen molar-refractivity contribution in [3.63, 3.8) is 0 Å². The van der Waals surface area contributed by atoms with Gasteiger partial charge in [0, 0.05) is 16.0 Å². The molecule has 0 aliphatic heterocycles. The van der Waals surface area contributed by atoms with Crippen molar-refractivity contribution >= 4 is 45.7 Å². The lowest BCUT2D eigenvalue weighted by molar-refractivity contribution is 0.0848. The smallest absolute Gasteiger partial charge is 0.267 e. The Kier molecular flexibility index (Phi) is 5.48. The Morgan fingerprint density at radius 3 is 2.40 bits per heavy atom. The Morgan fingerprint density at radius 2 is 1.63 bits per heavy atom. The lowest BCUT2D eigenvalue weighted by Crippen LogP contribution is -2.41. The molecule has 0 spiro atoms. The van der Waals surface area contributed by atoms with E-state index in [1.54, 1.807) is 38.1 Å². The highest BCUT2D eigenvalue weighted by molar-refractivity contribution is 7.17. The van der Waals surface area contributed by atoms with E-state index in [4.69, 9.17) is 11.6 Å². The van der Waals surface area contributed by atoms with Gasteiger partial charge in [-0.15, -0.1) is 11.3 Å². The van der Waals surface area contributed by atoms with Crippen molar-refractivity contribution in [2.45, 2.75) is 13.8 Å². The van der Waals surface area contributed by atoms with Crippen LogP contribution in [0.3, 0.4) is 0 Å². The van der Waals surface area contributed by atoms with Crippen molar-refractivity contribution < 1.29 is 9.59 Å². The molecule has 4 rings (SSSR count). The van der Waals surface area contributed by atoms with E-state index in [1.807, 2.05) is 30.3 Å². The molecule has 0 saturated heterocycles. The SMILES string of the molecule is Cc1nc2ccc(Cl)cc2cc1C(=O)NNC(=O)c1sc(-c2ccccc2)nc1C. The lowest BCUT2D eigenvalue weighted by Gasteiger charge is -2.10. The molecule has 0 aliphatic carbocycles. The number of carbonyl (C=O) groups excluding carboxylic acids is 2. The number of rotatable bonds is 3. The van der Waals surface area contributed by atoms with Crippen LogP contribution < -0.4 is 10.9 Å². The highest BCUT2D eigenvalue weighted by atomic mass is 35.5. The highest BCUT2D eigenvalue weighted by Gasteiger charge is 2.18. The largest absolute Gasteiger partial charge is 0.281 e. The van der Waals surface area contributed by atoms with Crippen molar-refractivity contribution in [3.05, 3.63) is 81.4 Å². The molecule has 4 aromatic rings.